The Hall–Kier alpha value is -2.22. The number of carbonyl (C=O) groups excluding carboxylic acids is 1. The van der Waals surface area contributed by atoms with Crippen LogP contribution in [0.3, 0.4) is 0 Å². The summed E-state index contributed by atoms with van der Waals surface area (Å²) in [4.78, 5) is 13.5. The van der Waals surface area contributed by atoms with E-state index in [1.807, 2.05) is 0 Å². The van der Waals surface area contributed by atoms with Crippen molar-refractivity contribution in [1.82, 2.24) is 0 Å². The lowest BCUT2D eigenvalue weighted by Crippen LogP contribution is -2.52. The van der Waals surface area contributed by atoms with Gasteiger partial charge in [0.15, 0.2) is 5.60 Å². The molecule has 2 rings (SSSR count). The summed E-state index contributed by atoms with van der Waals surface area (Å²) in [5, 5.41) is 0. The van der Waals surface area contributed by atoms with Gasteiger partial charge in [-0.1, -0.05) is 5.92 Å². The van der Waals surface area contributed by atoms with E-state index in [4.69, 9.17) is 16.9 Å². The number of nitrogens with two attached hydrogens (primary N) is 1. The minimum atomic E-state index is -1.08. The predicted molar refractivity (Wildman–Crippen MR) is 66.7 cm³/mol. The van der Waals surface area contributed by atoms with Crippen LogP contribution in [0.5, 0.6) is 5.75 Å². The molecule has 1 aliphatic heterocycles. The molecule has 1 amide bonds. The number of amides is 1. The van der Waals surface area contributed by atoms with Crippen LogP contribution in [0, 0.1) is 18.2 Å². The summed E-state index contributed by atoms with van der Waals surface area (Å²) in [6, 6.07) is 2.53. The molecule has 94 valence electrons. The third-order valence-electron chi connectivity index (χ3n) is 2.74. The number of hydrogen-bond donors (Lipinski definition) is 1. The number of halogens is 1. The highest BCUT2D eigenvalue weighted by Gasteiger charge is 2.41. The fourth-order valence-corrected chi connectivity index (χ4v) is 1.85. The van der Waals surface area contributed by atoms with Crippen molar-refractivity contribution in [2.75, 3.05) is 17.2 Å². The van der Waals surface area contributed by atoms with Crippen LogP contribution in [0.15, 0.2) is 12.1 Å². The zero-order valence-electron chi connectivity index (χ0n) is 10.2. The van der Waals surface area contributed by atoms with Gasteiger partial charge >= 0.3 is 0 Å². The zero-order chi connectivity index (χ0) is 13.5. The Balaban J connectivity index is 2.60. The van der Waals surface area contributed by atoms with Gasteiger partial charge in [0.1, 0.15) is 11.6 Å². The standard InChI is InChI=1S/C13H13FN2O2/c1-4-5-16-10-7-9(15)8(14)6-11(10)18-13(2,3)12(16)17/h1,6-7H,5,15H2,2-3H3. The van der Waals surface area contributed by atoms with Crippen molar-refractivity contribution in [1.29, 1.82) is 0 Å². The Bertz CT molecular complexity index is 561. The van der Waals surface area contributed by atoms with Crippen molar-refractivity contribution in [3.8, 4) is 18.1 Å². The molecule has 0 unspecified atom stereocenters. The van der Waals surface area contributed by atoms with Crippen LogP contribution < -0.4 is 15.4 Å². The van der Waals surface area contributed by atoms with Crippen molar-refractivity contribution >= 4 is 17.3 Å². The quantitative estimate of drug-likeness (QED) is 0.606. The number of carbonyl (C=O) groups is 1. The Morgan fingerprint density at radius 3 is 2.83 bits per heavy atom. The summed E-state index contributed by atoms with van der Waals surface area (Å²) >= 11 is 0. The lowest BCUT2D eigenvalue weighted by molar-refractivity contribution is -0.132. The molecule has 0 spiro atoms. The number of benzene rings is 1. The molecule has 1 aromatic rings. The molecule has 4 nitrogen and oxygen atoms in total. The molecule has 0 saturated heterocycles. The van der Waals surface area contributed by atoms with Crippen LogP contribution in [0.4, 0.5) is 15.8 Å². The maximum atomic E-state index is 13.4. The van der Waals surface area contributed by atoms with E-state index < -0.39 is 11.4 Å². The van der Waals surface area contributed by atoms with Crippen LogP contribution in [0.2, 0.25) is 0 Å². The van der Waals surface area contributed by atoms with Crippen molar-refractivity contribution < 1.29 is 13.9 Å². The molecule has 5 heteroatoms. The second-order valence-corrected chi connectivity index (χ2v) is 4.55. The van der Waals surface area contributed by atoms with E-state index in [-0.39, 0.29) is 23.9 Å². The first-order valence-electron chi connectivity index (χ1n) is 5.40. The van der Waals surface area contributed by atoms with Gasteiger partial charge < -0.3 is 10.5 Å². The lowest BCUT2D eigenvalue weighted by atomic mass is 10.0. The Morgan fingerprint density at radius 1 is 1.56 bits per heavy atom. The molecule has 0 aromatic heterocycles. The first-order valence-corrected chi connectivity index (χ1v) is 5.40. The topological polar surface area (TPSA) is 55.6 Å². The fourth-order valence-electron chi connectivity index (χ4n) is 1.85. The molecule has 18 heavy (non-hydrogen) atoms. The van der Waals surface area contributed by atoms with Gasteiger partial charge in [0.2, 0.25) is 0 Å². The van der Waals surface area contributed by atoms with E-state index in [2.05, 4.69) is 5.92 Å². The second kappa shape index (κ2) is 3.91. The molecule has 1 aliphatic rings. The van der Waals surface area contributed by atoms with Crippen LogP contribution >= 0.6 is 0 Å². The normalized spacial score (nSPS) is 16.8. The number of rotatable bonds is 1. The van der Waals surface area contributed by atoms with Crippen LogP contribution in [0.1, 0.15) is 13.8 Å². The number of hydrogen-bond acceptors (Lipinski definition) is 3. The van der Waals surface area contributed by atoms with E-state index >= 15 is 0 Å². The number of anilines is 2. The number of terminal acetylenes is 1. The molecule has 0 atom stereocenters. The minimum Gasteiger partial charge on any atom is -0.476 e. The molecule has 0 saturated carbocycles. The molecule has 0 fully saturated rings. The fraction of sp³-hybridized carbons (Fsp3) is 0.308. The summed E-state index contributed by atoms with van der Waals surface area (Å²) in [5.41, 5.74) is 4.77. The maximum absolute atomic E-state index is 13.4. The van der Waals surface area contributed by atoms with Crippen molar-refractivity contribution in [3.05, 3.63) is 17.9 Å². The van der Waals surface area contributed by atoms with E-state index in [0.717, 1.165) is 0 Å². The number of nitrogens with zero attached hydrogens (tertiary/aromatic N) is 1. The van der Waals surface area contributed by atoms with Crippen molar-refractivity contribution in [2.24, 2.45) is 0 Å². The smallest absolute Gasteiger partial charge is 0.271 e. The lowest BCUT2D eigenvalue weighted by Gasteiger charge is -2.38. The van der Waals surface area contributed by atoms with Crippen molar-refractivity contribution in [3.63, 3.8) is 0 Å². The average Bonchev–Trinajstić information content (AvgIpc) is 2.28. The van der Waals surface area contributed by atoms with Crippen LogP contribution in [-0.2, 0) is 4.79 Å². The maximum Gasteiger partial charge on any atom is 0.271 e. The first kappa shape index (κ1) is 12.2. The Kier molecular flexibility index (Phi) is 2.66. The van der Waals surface area contributed by atoms with Gasteiger partial charge in [-0.05, 0) is 19.9 Å². The van der Waals surface area contributed by atoms with Crippen LogP contribution in [0.25, 0.3) is 0 Å². The summed E-state index contributed by atoms with van der Waals surface area (Å²) in [6.07, 6.45) is 5.25. The molecule has 1 heterocycles. The molecule has 0 bridgehead atoms. The second-order valence-electron chi connectivity index (χ2n) is 4.55. The molecular formula is C13H13FN2O2. The van der Waals surface area contributed by atoms with Gasteiger partial charge in [0, 0.05) is 6.07 Å². The average molecular weight is 248 g/mol. The molecule has 0 radical (unpaired) electrons. The monoisotopic (exact) mass is 248 g/mol. The summed E-state index contributed by atoms with van der Waals surface area (Å²) in [6.45, 7) is 3.30. The van der Waals surface area contributed by atoms with Gasteiger partial charge in [-0.15, -0.1) is 6.42 Å². The third kappa shape index (κ3) is 1.76. The summed E-state index contributed by atoms with van der Waals surface area (Å²) in [7, 11) is 0. The SMILES string of the molecule is C#CCN1C(=O)C(C)(C)Oc2cc(F)c(N)cc21. The van der Waals surface area contributed by atoms with Crippen molar-refractivity contribution in [2.45, 2.75) is 19.4 Å². The van der Waals surface area contributed by atoms with E-state index in [1.165, 1.54) is 17.0 Å². The van der Waals surface area contributed by atoms with Gasteiger partial charge in [-0.25, -0.2) is 4.39 Å². The zero-order valence-corrected chi connectivity index (χ0v) is 10.2. The third-order valence-corrected chi connectivity index (χ3v) is 2.74. The van der Waals surface area contributed by atoms with Gasteiger partial charge in [0.25, 0.3) is 5.91 Å². The highest BCUT2D eigenvalue weighted by atomic mass is 19.1. The Morgan fingerprint density at radius 2 is 2.22 bits per heavy atom. The number of ether oxygens (including phenoxy) is 1. The summed E-state index contributed by atoms with van der Waals surface area (Å²) in [5.74, 6) is 1.80. The van der Waals surface area contributed by atoms with Crippen LogP contribution in [-0.4, -0.2) is 18.1 Å². The summed E-state index contributed by atoms with van der Waals surface area (Å²) < 4.78 is 18.9. The minimum absolute atomic E-state index is 0.0492. The molecular weight excluding hydrogens is 235 g/mol. The van der Waals surface area contributed by atoms with Gasteiger partial charge in [-0.2, -0.15) is 0 Å². The van der Waals surface area contributed by atoms with E-state index in [1.54, 1.807) is 13.8 Å². The molecule has 0 aliphatic carbocycles. The predicted octanol–water partition coefficient (Wildman–Crippen LogP) is 1.55. The highest BCUT2D eigenvalue weighted by Crippen LogP contribution is 2.39. The van der Waals surface area contributed by atoms with Gasteiger partial charge in [-0.3, -0.25) is 9.69 Å². The molecule has 1 aromatic carbocycles. The van der Waals surface area contributed by atoms with Gasteiger partial charge in [0.05, 0.1) is 17.9 Å². The Labute approximate surface area is 105 Å². The number of fused-ring (bicyclic) bond motifs is 1. The molecule has 2 N–H and O–H groups in total. The van der Waals surface area contributed by atoms with E-state index in [0.29, 0.717) is 5.69 Å². The van der Waals surface area contributed by atoms with E-state index in [9.17, 15) is 9.18 Å². The first-order chi connectivity index (χ1) is 8.36. The largest absolute Gasteiger partial charge is 0.476 e. The highest BCUT2D eigenvalue weighted by molar-refractivity contribution is 6.03. The number of nitrogen functional groups attached to an aromatic ring is 1.